The second-order valence-corrected chi connectivity index (χ2v) is 6.31. The largest absolute Gasteiger partial charge is 0.289 e. The molecule has 1 heterocycles. The number of hydroxylamine groups is 1. The number of carbonyl (C=O) groups excluding carboxylic acids is 1. The Balaban J connectivity index is 2.03. The van der Waals surface area contributed by atoms with E-state index in [9.17, 15) is 18.8 Å². The minimum atomic E-state index is -1.04. The van der Waals surface area contributed by atoms with Crippen molar-refractivity contribution in [3.05, 3.63) is 65.0 Å². The molecule has 0 unspecified atom stereocenters. The Bertz CT molecular complexity index is 781. The molecule has 1 saturated carbocycles. The number of halogens is 2. The number of nitrogens with zero attached hydrogens (tertiary/aromatic N) is 1. The highest BCUT2D eigenvalue weighted by molar-refractivity contribution is 5.88. The third-order valence-corrected chi connectivity index (χ3v) is 5.03. The number of carbonyl (C=O) groups is 1. The van der Waals surface area contributed by atoms with E-state index >= 15 is 0 Å². The van der Waals surface area contributed by atoms with Gasteiger partial charge in [-0.3, -0.25) is 15.0 Å². The van der Waals surface area contributed by atoms with Gasteiger partial charge in [-0.1, -0.05) is 12.1 Å². The molecule has 1 amide bonds. The van der Waals surface area contributed by atoms with Gasteiger partial charge in [0.15, 0.2) is 0 Å². The average molecular weight is 332 g/mol. The summed E-state index contributed by atoms with van der Waals surface area (Å²) in [5, 5.41) is 9.22. The van der Waals surface area contributed by atoms with E-state index in [4.69, 9.17) is 0 Å². The van der Waals surface area contributed by atoms with Crippen molar-refractivity contribution in [3.63, 3.8) is 0 Å². The first-order chi connectivity index (χ1) is 11.5. The molecule has 0 spiro atoms. The lowest BCUT2D eigenvalue weighted by atomic mass is 9.75. The van der Waals surface area contributed by atoms with E-state index in [1.165, 1.54) is 12.1 Å². The van der Waals surface area contributed by atoms with E-state index in [1.807, 2.05) is 0 Å². The molecular formula is C18H18F2N2O2. The molecule has 0 aliphatic heterocycles. The SMILES string of the molecule is Cc1c(F)cccc1[C@]1(C(=O)NO)CC[C@H](c2cncc(F)c2)C1. The van der Waals surface area contributed by atoms with E-state index in [0.717, 1.165) is 6.20 Å². The molecule has 2 atom stereocenters. The van der Waals surface area contributed by atoms with Crippen molar-refractivity contribution in [1.82, 2.24) is 10.5 Å². The minimum absolute atomic E-state index is 0.0897. The highest BCUT2D eigenvalue weighted by atomic mass is 19.1. The standard InChI is InChI=1S/C18H18F2N2O2/c1-11-15(3-2-4-16(11)20)18(17(23)22-24)6-5-12(8-18)13-7-14(19)10-21-9-13/h2-4,7,9-10,12,24H,5-6,8H2,1H3,(H,22,23)/t12-,18-/m0/s1. The van der Waals surface area contributed by atoms with Gasteiger partial charge in [0.2, 0.25) is 0 Å². The Kier molecular flexibility index (Phi) is 4.32. The predicted octanol–water partition coefficient (Wildman–Crippen LogP) is 3.38. The Labute approximate surface area is 138 Å². The first-order valence-corrected chi connectivity index (χ1v) is 7.78. The quantitative estimate of drug-likeness (QED) is 0.669. The van der Waals surface area contributed by atoms with Crippen LogP contribution in [0.4, 0.5) is 8.78 Å². The van der Waals surface area contributed by atoms with Gasteiger partial charge in [-0.05, 0) is 60.9 Å². The van der Waals surface area contributed by atoms with Crippen LogP contribution in [0.2, 0.25) is 0 Å². The molecule has 1 aliphatic rings. The number of aromatic nitrogens is 1. The second-order valence-electron chi connectivity index (χ2n) is 6.31. The van der Waals surface area contributed by atoms with Crippen LogP contribution in [0.1, 0.15) is 41.9 Å². The molecule has 0 saturated heterocycles. The fraction of sp³-hybridized carbons (Fsp3) is 0.333. The van der Waals surface area contributed by atoms with E-state index < -0.39 is 23.0 Å². The molecule has 24 heavy (non-hydrogen) atoms. The van der Waals surface area contributed by atoms with Crippen molar-refractivity contribution in [1.29, 1.82) is 0 Å². The van der Waals surface area contributed by atoms with Crippen LogP contribution >= 0.6 is 0 Å². The van der Waals surface area contributed by atoms with Gasteiger partial charge in [0.25, 0.3) is 5.91 Å². The van der Waals surface area contributed by atoms with Gasteiger partial charge in [0, 0.05) is 6.20 Å². The van der Waals surface area contributed by atoms with Crippen molar-refractivity contribution in [2.75, 3.05) is 0 Å². The van der Waals surface area contributed by atoms with Gasteiger partial charge >= 0.3 is 0 Å². The van der Waals surface area contributed by atoms with Crippen molar-refractivity contribution < 1.29 is 18.8 Å². The maximum Gasteiger partial charge on any atom is 0.254 e. The summed E-state index contributed by atoms with van der Waals surface area (Å²) >= 11 is 0. The Hall–Kier alpha value is -2.34. The molecule has 6 heteroatoms. The van der Waals surface area contributed by atoms with Crippen LogP contribution in [-0.2, 0) is 10.2 Å². The van der Waals surface area contributed by atoms with Crippen molar-refractivity contribution in [3.8, 4) is 0 Å². The molecule has 4 nitrogen and oxygen atoms in total. The molecule has 2 aromatic rings. The molecule has 1 aromatic carbocycles. The third kappa shape index (κ3) is 2.67. The minimum Gasteiger partial charge on any atom is -0.289 e. The van der Waals surface area contributed by atoms with E-state index in [-0.39, 0.29) is 5.92 Å². The summed E-state index contributed by atoms with van der Waals surface area (Å²) in [6.45, 7) is 1.62. The normalized spacial score (nSPS) is 23.2. The summed E-state index contributed by atoms with van der Waals surface area (Å²) in [6.07, 6.45) is 4.12. The zero-order valence-electron chi connectivity index (χ0n) is 13.2. The lowest BCUT2D eigenvalue weighted by molar-refractivity contribution is -0.135. The van der Waals surface area contributed by atoms with Gasteiger partial charge < -0.3 is 0 Å². The summed E-state index contributed by atoms with van der Waals surface area (Å²) in [5.74, 6) is -1.48. The predicted molar refractivity (Wildman–Crippen MR) is 83.5 cm³/mol. The van der Waals surface area contributed by atoms with Crippen LogP contribution in [0.5, 0.6) is 0 Å². The maximum absolute atomic E-state index is 14.0. The van der Waals surface area contributed by atoms with Crippen molar-refractivity contribution >= 4 is 5.91 Å². The third-order valence-electron chi connectivity index (χ3n) is 5.03. The van der Waals surface area contributed by atoms with Gasteiger partial charge in [0.05, 0.1) is 11.6 Å². The first kappa shape index (κ1) is 16.5. The number of hydrogen-bond acceptors (Lipinski definition) is 3. The number of nitrogens with one attached hydrogen (secondary N) is 1. The molecule has 2 N–H and O–H groups in total. The number of hydrogen-bond donors (Lipinski definition) is 2. The van der Waals surface area contributed by atoms with Crippen molar-refractivity contribution in [2.45, 2.75) is 37.5 Å². The highest BCUT2D eigenvalue weighted by Crippen LogP contribution is 2.49. The van der Waals surface area contributed by atoms with Crippen molar-refractivity contribution in [2.24, 2.45) is 0 Å². The molecule has 1 aromatic heterocycles. The topological polar surface area (TPSA) is 62.2 Å². The van der Waals surface area contributed by atoms with Gasteiger partial charge in [0.1, 0.15) is 11.6 Å². The van der Waals surface area contributed by atoms with Crippen LogP contribution in [0.3, 0.4) is 0 Å². The summed E-state index contributed by atoms with van der Waals surface area (Å²) in [5.41, 5.74) is 2.33. The Morgan fingerprint density at radius 1 is 1.38 bits per heavy atom. The summed E-state index contributed by atoms with van der Waals surface area (Å²) in [4.78, 5) is 16.3. The maximum atomic E-state index is 14.0. The fourth-order valence-electron chi connectivity index (χ4n) is 3.79. The van der Waals surface area contributed by atoms with E-state index in [2.05, 4.69) is 4.98 Å². The molecular weight excluding hydrogens is 314 g/mol. The Morgan fingerprint density at radius 3 is 2.88 bits per heavy atom. The zero-order chi connectivity index (χ0) is 17.3. The number of benzene rings is 1. The monoisotopic (exact) mass is 332 g/mol. The summed E-state index contributed by atoms with van der Waals surface area (Å²) < 4.78 is 27.4. The van der Waals surface area contributed by atoms with E-state index in [0.29, 0.717) is 36.0 Å². The molecule has 126 valence electrons. The average Bonchev–Trinajstić information content (AvgIpc) is 3.03. The van der Waals surface area contributed by atoms with Gasteiger partial charge in [-0.2, -0.15) is 0 Å². The lowest BCUT2D eigenvalue weighted by Gasteiger charge is -2.29. The van der Waals surface area contributed by atoms with Crippen LogP contribution < -0.4 is 5.48 Å². The van der Waals surface area contributed by atoms with Gasteiger partial charge in [-0.25, -0.2) is 14.3 Å². The zero-order valence-corrected chi connectivity index (χ0v) is 13.2. The number of rotatable bonds is 3. The lowest BCUT2D eigenvalue weighted by Crippen LogP contribution is -2.42. The molecule has 1 aliphatic carbocycles. The van der Waals surface area contributed by atoms with Crippen LogP contribution in [0.25, 0.3) is 0 Å². The van der Waals surface area contributed by atoms with Crippen LogP contribution in [0.15, 0.2) is 36.7 Å². The smallest absolute Gasteiger partial charge is 0.254 e. The molecule has 0 bridgehead atoms. The fourth-order valence-corrected chi connectivity index (χ4v) is 3.79. The van der Waals surface area contributed by atoms with Crippen LogP contribution in [-0.4, -0.2) is 16.1 Å². The molecule has 0 radical (unpaired) electrons. The Morgan fingerprint density at radius 2 is 2.17 bits per heavy atom. The molecule has 3 rings (SSSR count). The van der Waals surface area contributed by atoms with E-state index in [1.54, 1.807) is 30.7 Å². The first-order valence-electron chi connectivity index (χ1n) is 7.78. The highest BCUT2D eigenvalue weighted by Gasteiger charge is 2.48. The summed E-state index contributed by atoms with van der Waals surface area (Å²) in [6, 6.07) is 6.01. The van der Waals surface area contributed by atoms with Crippen LogP contribution in [0, 0.1) is 18.6 Å². The summed E-state index contributed by atoms with van der Waals surface area (Å²) in [7, 11) is 0. The number of amides is 1. The molecule has 1 fully saturated rings. The second kappa shape index (κ2) is 6.28. The van der Waals surface area contributed by atoms with Gasteiger partial charge in [-0.15, -0.1) is 0 Å². The number of pyridine rings is 1.